The first-order valence-corrected chi connectivity index (χ1v) is 29.4. The Morgan fingerprint density at radius 3 is 1.97 bits per heavy atom. The van der Waals surface area contributed by atoms with E-state index in [9.17, 15) is 47.9 Å². The molecular weight excluding hydrogens is 1030 g/mol. The van der Waals surface area contributed by atoms with Gasteiger partial charge >= 0.3 is 5.97 Å². The van der Waals surface area contributed by atoms with Crippen molar-refractivity contribution < 1.29 is 52.7 Å². The predicted octanol–water partition coefficient (Wildman–Crippen LogP) is 6.85. The summed E-state index contributed by atoms with van der Waals surface area (Å²) in [5, 5.41) is 9.97. The van der Waals surface area contributed by atoms with Gasteiger partial charge in [-0.2, -0.15) is 0 Å². The molecule has 7 atom stereocenters. The van der Waals surface area contributed by atoms with Crippen LogP contribution in [-0.4, -0.2) is 151 Å². The summed E-state index contributed by atoms with van der Waals surface area (Å²) >= 11 is 3.69. The van der Waals surface area contributed by atoms with E-state index in [0.29, 0.717) is 47.2 Å². The fourth-order valence-electron chi connectivity index (χ4n) is 9.49. The summed E-state index contributed by atoms with van der Waals surface area (Å²) < 4.78 is 5.86. The van der Waals surface area contributed by atoms with E-state index in [4.69, 9.17) is 4.74 Å². The number of benzene rings is 1. The van der Waals surface area contributed by atoms with Crippen LogP contribution >= 0.6 is 34.9 Å². The average molecular weight is 1110 g/mol. The summed E-state index contributed by atoms with van der Waals surface area (Å²) in [6.45, 7) is 15.0. The van der Waals surface area contributed by atoms with Crippen LogP contribution in [0.3, 0.4) is 0 Å². The molecule has 76 heavy (non-hydrogen) atoms. The van der Waals surface area contributed by atoms with Crippen LogP contribution in [0.15, 0.2) is 23.6 Å². The normalized spacial score (nSPS) is 20.3. The van der Waals surface area contributed by atoms with E-state index in [2.05, 4.69) is 20.9 Å². The maximum Gasteiger partial charge on any atom is 0.303 e. The van der Waals surface area contributed by atoms with Crippen LogP contribution in [0.2, 0.25) is 0 Å². The predicted molar refractivity (Wildman–Crippen MR) is 295 cm³/mol. The number of nitrogens with zero attached hydrogens (tertiary/aromatic N) is 5. The third-order valence-electron chi connectivity index (χ3n) is 14.9. The molecule has 1 aromatic heterocycles. The van der Waals surface area contributed by atoms with E-state index < -0.39 is 63.8 Å². The van der Waals surface area contributed by atoms with Crippen molar-refractivity contribution in [3.05, 3.63) is 39.8 Å². The van der Waals surface area contributed by atoms with Gasteiger partial charge in [0.1, 0.15) is 10.7 Å². The van der Waals surface area contributed by atoms with Crippen LogP contribution in [0.5, 0.6) is 0 Å². The lowest BCUT2D eigenvalue weighted by molar-refractivity contribution is -0.150. The first-order valence-electron chi connectivity index (χ1n) is 26.4. The van der Waals surface area contributed by atoms with Crippen LogP contribution < -0.4 is 16.0 Å². The summed E-state index contributed by atoms with van der Waals surface area (Å²) in [5.41, 5.74) is 0.672. The second-order valence-corrected chi connectivity index (χ2v) is 24.8. The van der Waals surface area contributed by atoms with E-state index in [-0.39, 0.29) is 117 Å². The molecule has 0 saturated carbocycles. The summed E-state index contributed by atoms with van der Waals surface area (Å²) in [6.07, 6.45) is 2.10. The van der Waals surface area contributed by atoms with Crippen LogP contribution in [0.1, 0.15) is 153 Å². The summed E-state index contributed by atoms with van der Waals surface area (Å²) in [5.74, 6) is -4.09. The monoisotopic (exact) mass is 1110 g/mol. The van der Waals surface area contributed by atoms with Gasteiger partial charge in [0.2, 0.25) is 41.4 Å². The maximum absolute atomic E-state index is 14.4. The molecular formula is C54H78N8O11S3. The standard InChI is InChI=1S/C54H78N8O11S3/c1-12-16-35(55-49(69)39-29-74-50(58-39)41(73-33(6)63)26-40(31(3)4)60(11)51(70)36(32(5)13-2)25-44(64)54(7,8)59(9)10)23-34-19-20-37-38(24-34)57-46(66)18-15-22-62-48(68)28-43(53(62)72)76-30-75-42-27-47(67)61(52(42)71)21-14-17-45(65)56-37/h19-20,24,29,31-32,35-36,40-43H,12-18,21-23,25-28,30H2,1-11H3,(H,55,69)(H,56,65)(H,57,66)/t32-,35+,36-,40+,41+,42?,43?/m0/s1. The number of hydrogen-bond donors (Lipinski definition) is 3. The Bertz CT molecular complexity index is 2480. The van der Waals surface area contributed by atoms with Gasteiger partial charge in [0.25, 0.3) is 5.91 Å². The number of anilines is 2. The van der Waals surface area contributed by atoms with Crippen molar-refractivity contribution in [2.45, 2.75) is 167 Å². The van der Waals surface area contributed by atoms with Gasteiger partial charge in [-0.15, -0.1) is 34.9 Å². The molecule has 5 rings (SSSR count). The number of amides is 8. The first kappa shape index (κ1) is 61.7. The summed E-state index contributed by atoms with van der Waals surface area (Å²) in [7, 11) is 5.41. The number of fused-ring (bicyclic) bond motifs is 5. The Morgan fingerprint density at radius 1 is 0.868 bits per heavy atom. The molecule has 418 valence electrons. The Kier molecular flexibility index (Phi) is 22.7. The zero-order valence-corrected chi connectivity index (χ0v) is 48.4. The minimum atomic E-state index is -0.885. The molecule has 2 aromatic rings. The maximum atomic E-state index is 14.4. The minimum absolute atomic E-state index is 0.00861. The van der Waals surface area contributed by atoms with Crippen LogP contribution in [0.4, 0.5) is 11.4 Å². The number of ether oxygens (including phenoxy) is 1. The molecule has 0 aliphatic carbocycles. The molecule has 0 radical (unpaired) electrons. The van der Waals surface area contributed by atoms with Crippen molar-refractivity contribution >= 4 is 105 Å². The van der Waals surface area contributed by atoms with E-state index >= 15 is 0 Å². The molecule has 0 spiro atoms. The topological polar surface area (TPSA) is 242 Å². The third kappa shape index (κ3) is 16.2. The number of thiazole rings is 1. The van der Waals surface area contributed by atoms with Crippen molar-refractivity contribution in [3.63, 3.8) is 0 Å². The number of esters is 1. The molecule has 19 nitrogen and oxygen atoms in total. The van der Waals surface area contributed by atoms with Crippen molar-refractivity contribution in [2.24, 2.45) is 17.8 Å². The van der Waals surface area contributed by atoms with E-state index in [1.54, 1.807) is 35.5 Å². The Balaban J connectivity index is 1.32. The smallest absolute Gasteiger partial charge is 0.303 e. The third-order valence-corrected chi connectivity index (χ3v) is 18.4. The second-order valence-electron chi connectivity index (χ2n) is 21.2. The fourth-order valence-corrected chi connectivity index (χ4v) is 13.0. The Hall–Kier alpha value is -5.19. The molecule has 3 N–H and O–H groups in total. The number of Topliss-reactive ketones (excluding diaryl/α,β-unsaturated/α-hetero) is 1. The van der Waals surface area contributed by atoms with E-state index in [1.807, 2.05) is 67.5 Å². The summed E-state index contributed by atoms with van der Waals surface area (Å²) in [4.78, 5) is 144. The number of carbonyl (C=O) groups excluding carboxylic acids is 10. The molecule has 2 fully saturated rings. The highest BCUT2D eigenvalue weighted by molar-refractivity contribution is 8.17. The highest BCUT2D eigenvalue weighted by atomic mass is 32.2. The van der Waals surface area contributed by atoms with Crippen molar-refractivity contribution in [1.82, 2.24) is 29.9 Å². The van der Waals surface area contributed by atoms with Gasteiger partial charge < -0.3 is 25.6 Å². The lowest BCUT2D eigenvalue weighted by Gasteiger charge is -2.38. The molecule has 2 unspecified atom stereocenters. The van der Waals surface area contributed by atoms with E-state index in [0.717, 1.165) is 5.56 Å². The van der Waals surface area contributed by atoms with Crippen molar-refractivity contribution in [1.29, 1.82) is 0 Å². The quantitative estimate of drug-likeness (QED) is 0.0962. The first-order chi connectivity index (χ1) is 35.9. The highest BCUT2D eigenvalue weighted by Gasteiger charge is 2.42. The molecule has 8 amide bonds. The van der Waals surface area contributed by atoms with Gasteiger partial charge in [0, 0.05) is 94.1 Å². The van der Waals surface area contributed by atoms with Crippen LogP contribution in [0, 0.1) is 17.8 Å². The molecule has 3 aliphatic heterocycles. The number of carbonyl (C=O) groups is 10. The number of likely N-dealkylation sites (N-methyl/N-ethyl adjacent to an activating group) is 1. The molecule has 4 bridgehead atoms. The molecule has 4 heterocycles. The van der Waals surface area contributed by atoms with E-state index in [1.165, 1.54) is 51.6 Å². The van der Waals surface area contributed by atoms with Gasteiger partial charge in [-0.3, -0.25) is 62.6 Å². The van der Waals surface area contributed by atoms with Crippen LogP contribution in [0.25, 0.3) is 0 Å². The van der Waals surface area contributed by atoms with Gasteiger partial charge in [-0.25, -0.2) is 4.98 Å². The number of aromatic nitrogens is 1. The van der Waals surface area contributed by atoms with Crippen LogP contribution in [-0.2, 0) is 54.3 Å². The van der Waals surface area contributed by atoms with Gasteiger partial charge in [0.05, 0.1) is 27.4 Å². The number of hydrogen-bond acceptors (Lipinski definition) is 16. The highest BCUT2D eigenvalue weighted by Crippen LogP contribution is 2.36. The largest absolute Gasteiger partial charge is 0.455 e. The Morgan fingerprint density at radius 2 is 1.45 bits per heavy atom. The van der Waals surface area contributed by atoms with Gasteiger partial charge in [0.15, 0.2) is 11.9 Å². The SMILES string of the molecule is CCC[C@H](Cc1ccc2c(c1)NC(=O)CCCN1C(=O)CC(SCSC3CC(=O)N(CCCC(=O)N2)C3=O)C1=O)NC(=O)c1csc([C@@H](C[C@H](C(C)C)N(C)C(=O)[C@@H](CC(=O)C(C)(C)N(C)C)[C@@H](C)CC)OC(C)=O)n1. The molecule has 22 heteroatoms. The lowest BCUT2D eigenvalue weighted by atomic mass is 9.81. The van der Waals surface area contributed by atoms with Gasteiger partial charge in [-0.1, -0.05) is 53.5 Å². The average Bonchev–Trinajstić information content (AvgIpc) is 4.03. The number of rotatable bonds is 19. The molecule has 2 saturated heterocycles. The second kappa shape index (κ2) is 27.9. The van der Waals surface area contributed by atoms with Gasteiger partial charge in [-0.05, 0) is 83.2 Å². The summed E-state index contributed by atoms with van der Waals surface area (Å²) in [6, 6.07) is 4.33. The zero-order chi connectivity index (χ0) is 56.2. The fraction of sp³-hybridized carbons (Fsp3) is 0.648. The zero-order valence-electron chi connectivity index (χ0n) is 46.0. The number of thioether (sulfide) groups is 2. The Labute approximate surface area is 459 Å². The number of nitrogens with one attached hydrogen (secondary N) is 3. The molecule has 3 aliphatic rings. The number of ketones is 1. The number of imide groups is 2. The van der Waals surface area contributed by atoms with Crippen molar-refractivity contribution in [2.75, 3.05) is 50.0 Å². The van der Waals surface area contributed by atoms with Crippen molar-refractivity contribution in [3.8, 4) is 0 Å². The lowest BCUT2D eigenvalue weighted by Crippen LogP contribution is -2.50. The molecule has 1 aromatic carbocycles. The minimum Gasteiger partial charge on any atom is -0.455 e.